The second-order valence-electron chi connectivity index (χ2n) is 6.48. The largest absolute Gasteiger partial charge is 0.489 e. The minimum absolute atomic E-state index is 0.278. The van der Waals surface area contributed by atoms with Gasteiger partial charge < -0.3 is 9.26 Å². The fourth-order valence-corrected chi connectivity index (χ4v) is 2.22. The molecule has 20 heavy (non-hydrogen) atoms. The third kappa shape index (κ3) is 3.86. The van der Waals surface area contributed by atoms with E-state index < -0.39 is 0 Å². The Balaban J connectivity index is 2.05. The molecule has 0 bridgehead atoms. The van der Waals surface area contributed by atoms with Gasteiger partial charge in [0.2, 0.25) is 0 Å². The topological polar surface area (TPSA) is 35.3 Å². The smallest absolute Gasteiger partial charge is 0.140 e. The average Bonchev–Trinajstić information content (AvgIpc) is 2.65. The number of nitrogens with zero attached hydrogens (tertiary/aromatic N) is 1. The molecule has 0 N–H and O–H groups in total. The molecule has 0 amide bonds. The number of hydrogen-bond donors (Lipinski definition) is 0. The SMILES string of the molecule is Cc1noc(C)c1COc1cccc(CC(C)(C)C)c1. The first kappa shape index (κ1) is 14.6. The zero-order valence-corrected chi connectivity index (χ0v) is 13.0. The van der Waals surface area contributed by atoms with E-state index in [-0.39, 0.29) is 5.41 Å². The lowest BCUT2D eigenvalue weighted by molar-refractivity contribution is 0.301. The highest BCUT2D eigenvalue weighted by Crippen LogP contribution is 2.24. The lowest BCUT2D eigenvalue weighted by atomic mass is 9.88. The standard InChI is InChI=1S/C17H23NO2/c1-12-16(13(2)20-18-12)11-19-15-8-6-7-14(9-15)10-17(3,4)5/h6-9H,10-11H2,1-5H3. The normalized spacial score (nSPS) is 11.7. The van der Waals surface area contributed by atoms with Crippen LogP contribution >= 0.6 is 0 Å². The van der Waals surface area contributed by atoms with Crippen molar-refractivity contribution in [3.63, 3.8) is 0 Å². The van der Waals surface area contributed by atoms with E-state index >= 15 is 0 Å². The summed E-state index contributed by atoms with van der Waals surface area (Å²) in [6.07, 6.45) is 1.04. The van der Waals surface area contributed by atoms with Gasteiger partial charge in [0, 0.05) is 0 Å². The summed E-state index contributed by atoms with van der Waals surface area (Å²) >= 11 is 0. The van der Waals surface area contributed by atoms with Crippen LogP contribution in [0.1, 0.15) is 43.4 Å². The maximum Gasteiger partial charge on any atom is 0.140 e. The van der Waals surface area contributed by atoms with Crippen molar-refractivity contribution in [3.8, 4) is 5.75 Å². The first-order chi connectivity index (χ1) is 9.35. The maximum atomic E-state index is 5.87. The van der Waals surface area contributed by atoms with Crippen LogP contribution < -0.4 is 4.74 Å². The molecule has 0 aliphatic rings. The maximum absolute atomic E-state index is 5.87. The Kier molecular flexibility index (Phi) is 4.17. The van der Waals surface area contributed by atoms with Gasteiger partial charge in [-0.25, -0.2) is 0 Å². The number of ether oxygens (including phenoxy) is 1. The van der Waals surface area contributed by atoms with E-state index in [1.165, 1.54) is 5.56 Å². The zero-order valence-electron chi connectivity index (χ0n) is 13.0. The van der Waals surface area contributed by atoms with Crippen molar-refractivity contribution in [2.45, 2.75) is 47.6 Å². The summed E-state index contributed by atoms with van der Waals surface area (Å²) in [4.78, 5) is 0. The summed E-state index contributed by atoms with van der Waals surface area (Å²) in [6.45, 7) is 11.1. The van der Waals surface area contributed by atoms with Crippen molar-refractivity contribution >= 4 is 0 Å². The van der Waals surface area contributed by atoms with Crippen LogP contribution in [0.4, 0.5) is 0 Å². The van der Waals surface area contributed by atoms with Gasteiger partial charge in [0.05, 0.1) is 11.3 Å². The van der Waals surface area contributed by atoms with Crippen molar-refractivity contribution in [3.05, 3.63) is 46.8 Å². The molecule has 0 radical (unpaired) electrons. The highest BCUT2D eigenvalue weighted by molar-refractivity contribution is 5.30. The van der Waals surface area contributed by atoms with Gasteiger partial charge in [0.15, 0.2) is 0 Å². The molecule has 0 fully saturated rings. The molecule has 0 saturated carbocycles. The monoisotopic (exact) mass is 273 g/mol. The van der Waals surface area contributed by atoms with Crippen LogP contribution in [0, 0.1) is 19.3 Å². The highest BCUT2D eigenvalue weighted by Gasteiger charge is 2.12. The van der Waals surface area contributed by atoms with E-state index in [0.29, 0.717) is 6.61 Å². The first-order valence-corrected chi connectivity index (χ1v) is 6.99. The van der Waals surface area contributed by atoms with E-state index in [9.17, 15) is 0 Å². The average molecular weight is 273 g/mol. The second kappa shape index (κ2) is 5.70. The van der Waals surface area contributed by atoms with Crippen molar-refractivity contribution < 1.29 is 9.26 Å². The molecule has 0 unspecified atom stereocenters. The molecule has 2 aromatic rings. The van der Waals surface area contributed by atoms with Crippen LogP contribution in [0.15, 0.2) is 28.8 Å². The molecule has 0 aliphatic heterocycles. The minimum atomic E-state index is 0.278. The molecule has 1 aromatic carbocycles. The van der Waals surface area contributed by atoms with E-state index in [0.717, 1.165) is 29.2 Å². The van der Waals surface area contributed by atoms with Crippen molar-refractivity contribution in [2.24, 2.45) is 5.41 Å². The quantitative estimate of drug-likeness (QED) is 0.825. The molecule has 3 nitrogen and oxygen atoms in total. The van der Waals surface area contributed by atoms with Gasteiger partial charge in [-0.3, -0.25) is 0 Å². The number of rotatable bonds is 4. The third-order valence-corrected chi connectivity index (χ3v) is 3.20. The molecule has 1 heterocycles. The molecule has 3 heteroatoms. The number of aromatic nitrogens is 1. The Morgan fingerprint density at radius 2 is 1.95 bits per heavy atom. The van der Waals surface area contributed by atoms with Gasteiger partial charge in [-0.2, -0.15) is 0 Å². The predicted molar refractivity (Wildman–Crippen MR) is 79.9 cm³/mol. The summed E-state index contributed by atoms with van der Waals surface area (Å²) in [5.74, 6) is 1.72. The molecule has 0 spiro atoms. The Labute approximate surface area is 120 Å². The second-order valence-corrected chi connectivity index (χ2v) is 6.48. The highest BCUT2D eigenvalue weighted by atomic mass is 16.5. The Hall–Kier alpha value is -1.77. The zero-order chi connectivity index (χ0) is 14.8. The Morgan fingerprint density at radius 1 is 1.20 bits per heavy atom. The predicted octanol–water partition coefficient (Wildman–Crippen LogP) is 4.46. The van der Waals surface area contributed by atoms with Crippen molar-refractivity contribution in [2.75, 3.05) is 0 Å². The molecule has 1 aromatic heterocycles. The number of benzene rings is 1. The van der Waals surface area contributed by atoms with Gasteiger partial charge in [-0.15, -0.1) is 0 Å². The van der Waals surface area contributed by atoms with Crippen molar-refractivity contribution in [1.29, 1.82) is 0 Å². The van der Waals surface area contributed by atoms with E-state index in [1.807, 2.05) is 26.0 Å². The summed E-state index contributed by atoms with van der Waals surface area (Å²) < 4.78 is 11.0. The molecular weight excluding hydrogens is 250 g/mol. The van der Waals surface area contributed by atoms with E-state index in [4.69, 9.17) is 9.26 Å². The van der Waals surface area contributed by atoms with Crippen LogP contribution in [-0.2, 0) is 13.0 Å². The summed E-state index contributed by atoms with van der Waals surface area (Å²) in [7, 11) is 0. The molecule has 0 saturated heterocycles. The fourth-order valence-electron chi connectivity index (χ4n) is 2.22. The third-order valence-electron chi connectivity index (χ3n) is 3.20. The molecule has 0 aliphatic carbocycles. The van der Waals surface area contributed by atoms with Crippen LogP contribution in [0.3, 0.4) is 0 Å². The molecular formula is C17H23NO2. The lowest BCUT2D eigenvalue weighted by Gasteiger charge is -2.18. The summed E-state index contributed by atoms with van der Waals surface area (Å²) in [5.41, 5.74) is 3.51. The fraction of sp³-hybridized carbons (Fsp3) is 0.471. The minimum Gasteiger partial charge on any atom is -0.489 e. The van der Waals surface area contributed by atoms with Gasteiger partial charge >= 0.3 is 0 Å². The Bertz CT molecular complexity index is 559. The molecule has 0 atom stereocenters. The number of aryl methyl sites for hydroxylation is 2. The Morgan fingerprint density at radius 3 is 2.55 bits per heavy atom. The van der Waals surface area contributed by atoms with E-state index in [1.54, 1.807) is 0 Å². The molecule has 108 valence electrons. The van der Waals surface area contributed by atoms with Crippen LogP contribution in [0.25, 0.3) is 0 Å². The molecule has 2 rings (SSSR count). The first-order valence-electron chi connectivity index (χ1n) is 6.99. The van der Waals surface area contributed by atoms with Gasteiger partial charge in [-0.05, 0) is 43.4 Å². The van der Waals surface area contributed by atoms with Crippen LogP contribution in [0.5, 0.6) is 5.75 Å². The van der Waals surface area contributed by atoms with Crippen molar-refractivity contribution in [1.82, 2.24) is 5.16 Å². The van der Waals surface area contributed by atoms with E-state index in [2.05, 4.69) is 38.1 Å². The van der Waals surface area contributed by atoms with Gasteiger partial charge in [-0.1, -0.05) is 38.1 Å². The summed E-state index contributed by atoms with van der Waals surface area (Å²) in [5, 5.41) is 3.94. The number of hydrogen-bond acceptors (Lipinski definition) is 3. The van der Waals surface area contributed by atoms with Crippen LogP contribution in [0.2, 0.25) is 0 Å². The van der Waals surface area contributed by atoms with Gasteiger partial charge in [0.1, 0.15) is 18.1 Å². The van der Waals surface area contributed by atoms with Crippen LogP contribution in [-0.4, -0.2) is 5.16 Å². The summed E-state index contributed by atoms with van der Waals surface area (Å²) in [6, 6.07) is 8.30. The lowest BCUT2D eigenvalue weighted by Crippen LogP contribution is -2.09. The van der Waals surface area contributed by atoms with Gasteiger partial charge in [0.25, 0.3) is 0 Å².